The molecule has 98 valence electrons. The maximum Gasteiger partial charge on any atom is 0.0807 e. The first kappa shape index (κ1) is 15.9. The van der Waals surface area contributed by atoms with Crippen LogP contribution in [-0.4, -0.2) is 30.0 Å². The van der Waals surface area contributed by atoms with Gasteiger partial charge in [0.15, 0.2) is 0 Å². The molecule has 3 N–H and O–H groups in total. The first-order valence-electron chi connectivity index (χ1n) is 6.65. The lowest BCUT2D eigenvalue weighted by molar-refractivity contribution is -0.0607. The number of rotatable bonds is 10. The normalized spacial score (nSPS) is 17.1. The summed E-state index contributed by atoms with van der Waals surface area (Å²) < 4.78 is 5.69. The topological polar surface area (TPSA) is 55.5 Å². The highest BCUT2D eigenvalue weighted by atomic mass is 16.5. The van der Waals surface area contributed by atoms with E-state index in [1.165, 1.54) is 32.1 Å². The van der Waals surface area contributed by atoms with E-state index in [0.29, 0.717) is 6.54 Å². The summed E-state index contributed by atoms with van der Waals surface area (Å²) in [5.74, 6) is 0. The highest BCUT2D eigenvalue weighted by Gasteiger charge is 2.15. The van der Waals surface area contributed by atoms with Gasteiger partial charge in [-0.25, -0.2) is 0 Å². The van der Waals surface area contributed by atoms with E-state index in [1.807, 2.05) is 6.92 Å². The molecule has 0 aliphatic rings. The molecule has 0 amide bonds. The Morgan fingerprint density at radius 1 is 1.12 bits per heavy atom. The summed E-state index contributed by atoms with van der Waals surface area (Å²) in [6.07, 6.45) is 6.90. The molecule has 0 aromatic carbocycles. The highest BCUT2D eigenvalue weighted by Crippen LogP contribution is 2.11. The van der Waals surface area contributed by atoms with Crippen molar-refractivity contribution in [2.24, 2.45) is 5.73 Å². The predicted octanol–water partition coefficient (Wildman–Crippen LogP) is 2.46. The van der Waals surface area contributed by atoms with E-state index < -0.39 is 6.10 Å². The van der Waals surface area contributed by atoms with Crippen molar-refractivity contribution in [1.82, 2.24) is 0 Å². The van der Waals surface area contributed by atoms with Crippen molar-refractivity contribution < 1.29 is 9.84 Å². The van der Waals surface area contributed by atoms with Crippen LogP contribution < -0.4 is 5.73 Å². The Morgan fingerprint density at radius 3 is 2.25 bits per heavy atom. The van der Waals surface area contributed by atoms with Gasteiger partial charge in [0.2, 0.25) is 0 Å². The smallest absolute Gasteiger partial charge is 0.0807 e. The summed E-state index contributed by atoms with van der Waals surface area (Å²) >= 11 is 0. The maximum absolute atomic E-state index is 9.34. The fraction of sp³-hybridized carbons (Fsp3) is 1.00. The lowest BCUT2D eigenvalue weighted by atomic mass is 10.1. The van der Waals surface area contributed by atoms with Crippen LogP contribution in [0.25, 0.3) is 0 Å². The molecule has 0 saturated carbocycles. The summed E-state index contributed by atoms with van der Waals surface area (Å²) in [5, 5.41) is 9.34. The van der Waals surface area contributed by atoms with E-state index in [9.17, 15) is 5.11 Å². The Labute approximate surface area is 100 Å². The van der Waals surface area contributed by atoms with E-state index >= 15 is 0 Å². The third-order valence-electron chi connectivity index (χ3n) is 2.98. The Bertz CT molecular complexity index is 151. The van der Waals surface area contributed by atoms with Gasteiger partial charge in [0.1, 0.15) is 0 Å². The Kier molecular flexibility index (Phi) is 9.99. The molecule has 16 heavy (non-hydrogen) atoms. The van der Waals surface area contributed by atoms with E-state index in [1.54, 1.807) is 6.92 Å². The van der Waals surface area contributed by atoms with Gasteiger partial charge in [0, 0.05) is 6.54 Å². The van der Waals surface area contributed by atoms with Crippen LogP contribution >= 0.6 is 0 Å². The van der Waals surface area contributed by atoms with Crippen molar-refractivity contribution >= 4 is 0 Å². The van der Waals surface area contributed by atoms with Gasteiger partial charge in [-0.1, -0.05) is 39.0 Å². The number of ether oxygens (including phenoxy) is 1. The second kappa shape index (κ2) is 10.1. The Morgan fingerprint density at radius 2 is 1.75 bits per heavy atom. The lowest BCUT2D eigenvalue weighted by Gasteiger charge is -2.23. The molecule has 0 aliphatic heterocycles. The summed E-state index contributed by atoms with van der Waals surface area (Å²) in [6, 6.07) is 0. The van der Waals surface area contributed by atoms with Crippen LogP contribution in [0.4, 0.5) is 0 Å². The molecule has 3 nitrogen and oxygen atoms in total. The lowest BCUT2D eigenvalue weighted by Crippen LogP contribution is -2.32. The van der Waals surface area contributed by atoms with Crippen molar-refractivity contribution in [3.63, 3.8) is 0 Å². The molecule has 3 unspecified atom stereocenters. The molecule has 0 heterocycles. The number of hydrogen-bond acceptors (Lipinski definition) is 3. The molecule has 0 saturated heterocycles. The van der Waals surface area contributed by atoms with Crippen LogP contribution in [0.2, 0.25) is 0 Å². The number of hydrogen-bond donors (Lipinski definition) is 2. The summed E-state index contributed by atoms with van der Waals surface area (Å²) in [7, 11) is 0. The monoisotopic (exact) mass is 231 g/mol. The number of unbranched alkanes of at least 4 members (excludes halogenated alkanes) is 4. The molecule has 0 rings (SSSR count). The summed E-state index contributed by atoms with van der Waals surface area (Å²) in [5.41, 5.74) is 5.66. The molecular weight excluding hydrogens is 202 g/mol. The molecule has 0 spiro atoms. The average Bonchev–Trinajstić information content (AvgIpc) is 2.26. The van der Waals surface area contributed by atoms with Gasteiger partial charge < -0.3 is 15.6 Å². The first-order valence-corrected chi connectivity index (χ1v) is 6.65. The van der Waals surface area contributed by atoms with Crippen LogP contribution in [0.15, 0.2) is 0 Å². The minimum Gasteiger partial charge on any atom is -0.391 e. The molecule has 0 aromatic rings. The molecule has 0 bridgehead atoms. The van der Waals surface area contributed by atoms with Crippen molar-refractivity contribution in [1.29, 1.82) is 0 Å². The molecule has 3 atom stereocenters. The zero-order chi connectivity index (χ0) is 12.4. The quantitative estimate of drug-likeness (QED) is 0.568. The van der Waals surface area contributed by atoms with Crippen molar-refractivity contribution in [3.05, 3.63) is 0 Å². The standard InChI is InChI=1S/C13H29NO2/c1-4-5-6-7-8-9-13(10-14)16-12(3)11(2)15/h11-13,15H,4-10,14H2,1-3H3. The molecule has 0 radical (unpaired) electrons. The Balaban J connectivity index is 3.58. The number of aliphatic hydroxyl groups excluding tert-OH is 1. The molecule has 0 aliphatic carbocycles. The van der Waals surface area contributed by atoms with Crippen LogP contribution in [0.3, 0.4) is 0 Å². The van der Waals surface area contributed by atoms with E-state index in [-0.39, 0.29) is 12.2 Å². The second-order valence-corrected chi connectivity index (χ2v) is 4.64. The average molecular weight is 231 g/mol. The van der Waals surface area contributed by atoms with Gasteiger partial charge in [0.25, 0.3) is 0 Å². The SMILES string of the molecule is CCCCCCCC(CN)OC(C)C(C)O. The van der Waals surface area contributed by atoms with Gasteiger partial charge in [0.05, 0.1) is 18.3 Å². The fourth-order valence-electron chi connectivity index (χ4n) is 1.63. The zero-order valence-electron chi connectivity index (χ0n) is 11.1. The van der Waals surface area contributed by atoms with Crippen molar-refractivity contribution in [2.75, 3.05) is 6.54 Å². The fourth-order valence-corrected chi connectivity index (χ4v) is 1.63. The van der Waals surface area contributed by atoms with Gasteiger partial charge in [-0.15, -0.1) is 0 Å². The van der Waals surface area contributed by atoms with Gasteiger partial charge >= 0.3 is 0 Å². The van der Waals surface area contributed by atoms with Crippen LogP contribution in [0.1, 0.15) is 59.3 Å². The predicted molar refractivity (Wildman–Crippen MR) is 68.4 cm³/mol. The van der Waals surface area contributed by atoms with E-state index in [0.717, 1.165) is 6.42 Å². The van der Waals surface area contributed by atoms with Crippen LogP contribution in [-0.2, 0) is 4.74 Å². The largest absolute Gasteiger partial charge is 0.391 e. The molecule has 3 heteroatoms. The van der Waals surface area contributed by atoms with Gasteiger partial charge in [-0.05, 0) is 20.3 Å². The zero-order valence-corrected chi connectivity index (χ0v) is 11.1. The third kappa shape index (κ3) is 8.08. The maximum atomic E-state index is 9.34. The van der Waals surface area contributed by atoms with Crippen LogP contribution in [0, 0.1) is 0 Å². The minimum absolute atomic E-state index is 0.103. The molecule has 0 aromatic heterocycles. The highest BCUT2D eigenvalue weighted by molar-refractivity contribution is 4.65. The minimum atomic E-state index is -0.422. The summed E-state index contributed by atoms with van der Waals surface area (Å²) in [6.45, 7) is 6.41. The third-order valence-corrected chi connectivity index (χ3v) is 2.98. The first-order chi connectivity index (χ1) is 7.61. The van der Waals surface area contributed by atoms with Crippen molar-refractivity contribution in [2.45, 2.75) is 77.6 Å². The Hall–Kier alpha value is -0.120. The van der Waals surface area contributed by atoms with Crippen molar-refractivity contribution in [3.8, 4) is 0 Å². The van der Waals surface area contributed by atoms with Crippen LogP contribution in [0.5, 0.6) is 0 Å². The molecular formula is C13H29NO2. The second-order valence-electron chi connectivity index (χ2n) is 4.64. The number of nitrogens with two attached hydrogens (primary N) is 1. The van der Waals surface area contributed by atoms with E-state index in [4.69, 9.17) is 10.5 Å². The van der Waals surface area contributed by atoms with Gasteiger partial charge in [-0.2, -0.15) is 0 Å². The van der Waals surface area contributed by atoms with E-state index in [2.05, 4.69) is 6.92 Å². The molecule has 0 fully saturated rings. The van der Waals surface area contributed by atoms with Gasteiger partial charge in [-0.3, -0.25) is 0 Å². The number of aliphatic hydroxyl groups is 1. The summed E-state index contributed by atoms with van der Waals surface area (Å²) in [4.78, 5) is 0.